The molecule has 150 valence electrons. The van der Waals surface area contributed by atoms with Gasteiger partial charge in [-0.3, -0.25) is 13.8 Å². The second-order valence-electron chi connectivity index (χ2n) is 6.79. The highest BCUT2D eigenvalue weighted by Gasteiger charge is 2.17. The lowest BCUT2D eigenvalue weighted by Crippen LogP contribution is -2.20. The number of nitrogens with zero attached hydrogens (tertiary/aromatic N) is 7. The number of para-hydroxylation sites is 1. The Hall–Kier alpha value is -3.53. The number of rotatable bonds is 4. The van der Waals surface area contributed by atoms with Crippen LogP contribution in [-0.4, -0.2) is 33.9 Å². The largest absolute Gasteiger partial charge is 0.305 e. The van der Waals surface area contributed by atoms with Crippen LogP contribution in [0.5, 0.6) is 0 Å². The summed E-state index contributed by atoms with van der Waals surface area (Å²) in [6.45, 7) is 0. The van der Waals surface area contributed by atoms with E-state index in [-0.39, 0.29) is 11.4 Å². The average Bonchev–Trinajstić information content (AvgIpc) is 3.35. The van der Waals surface area contributed by atoms with E-state index in [4.69, 9.17) is 0 Å². The van der Waals surface area contributed by atoms with Gasteiger partial charge in [-0.2, -0.15) is 0 Å². The van der Waals surface area contributed by atoms with Crippen LogP contribution in [0.25, 0.3) is 28.1 Å². The Bertz CT molecular complexity index is 1450. The maximum atomic E-state index is 13.2. The van der Waals surface area contributed by atoms with Crippen molar-refractivity contribution in [1.82, 2.24) is 33.9 Å². The Morgan fingerprint density at radius 1 is 0.933 bits per heavy atom. The summed E-state index contributed by atoms with van der Waals surface area (Å²) in [6, 6.07) is 13.5. The van der Waals surface area contributed by atoms with Crippen molar-refractivity contribution >= 4 is 28.4 Å². The van der Waals surface area contributed by atoms with E-state index in [1.807, 2.05) is 34.2 Å². The third kappa shape index (κ3) is 2.88. The van der Waals surface area contributed by atoms with Gasteiger partial charge in [-0.15, -0.1) is 20.4 Å². The molecule has 30 heavy (non-hydrogen) atoms. The van der Waals surface area contributed by atoms with E-state index in [2.05, 4.69) is 20.4 Å². The zero-order chi connectivity index (χ0) is 20.8. The smallest absolute Gasteiger partial charge is 0.262 e. The number of benzene rings is 2. The molecule has 0 aliphatic heterocycles. The van der Waals surface area contributed by atoms with Gasteiger partial charge in [-0.05, 0) is 36.4 Å². The van der Waals surface area contributed by atoms with Crippen LogP contribution in [-0.2, 0) is 19.8 Å². The van der Waals surface area contributed by atoms with Gasteiger partial charge in [0.1, 0.15) is 11.6 Å². The van der Waals surface area contributed by atoms with Crippen molar-refractivity contribution in [3.8, 4) is 11.4 Å². The number of aromatic nitrogens is 7. The van der Waals surface area contributed by atoms with E-state index in [9.17, 15) is 9.18 Å². The summed E-state index contributed by atoms with van der Waals surface area (Å²) in [4.78, 5) is 12.6. The predicted octanol–water partition coefficient (Wildman–Crippen LogP) is 2.81. The van der Waals surface area contributed by atoms with Crippen LogP contribution in [0, 0.1) is 5.82 Å². The number of fused-ring (bicyclic) bond motifs is 3. The molecule has 0 fully saturated rings. The van der Waals surface area contributed by atoms with Crippen molar-refractivity contribution in [3.05, 3.63) is 70.5 Å². The third-order valence-electron chi connectivity index (χ3n) is 4.96. The summed E-state index contributed by atoms with van der Waals surface area (Å²) in [7, 11) is 3.55. The average molecular weight is 421 g/mol. The molecule has 0 aliphatic rings. The van der Waals surface area contributed by atoms with Crippen molar-refractivity contribution in [2.45, 2.75) is 10.9 Å². The van der Waals surface area contributed by atoms with Gasteiger partial charge >= 0.3 is 0 Å². The molecule has 0 radical (unpaired) electrons. The fourth-order valence-electron chi connectivity index (χ4n) is 3.41. The van der Waals surface area contributed by atoms with Gasteiger partial charge < -0.3 is 4.57 Å². The fraction of sp³-hybridized carbons (Fsp3) is 0.150. The molecular formula is C20H16FN7OS. The second kappa shape index (κ2) is 7.06. The first-order valence-corrected chi connectivity index (χ1v) is 10.1. The van der Waals surface area contributed by atoms with Crippen molar-refractivity contribution in [2.75, 3.05) is 0 Å². The number of aryl methyl sites for hydroxylation is 1. The van der Waals surface area contributed by atoms with E-state index in [0.29, 0.717) is 33.7 Å². The SMILES string of the molecule is Cn1c(SCc2nnc3n(C)c(=O)c4ccccc4n23)nnc1-c1ccc(F)cc1. The van der Waals surface area contributed by atoms with Crippen molar-refractivity contribution in [3.63, 3.8) is 0 Å². The normalized spacial score (nSPS) is 11.6. The Labute approximate surface area is 174 Å². The summed E-state index contributed by atoms with van der Waals surface area (Å²) in [6.07, 6.45) is 0. The molecule has 0 N–H and O–H groups in total. The molecule has 0 spiro atoms. The Kier molecular flexibility index (Phi) is 4.35. The first-order chi connectivity index (χ1) is 14.5. The van der Waals surface area contributed by atoms with Crippen LogP contribution in [0.1, 0.15) is 5.82 Å². The van der Waals surface area contributed by atoms with Crippen LogP contribution < -0.4 is 5.56 Å². The third-order valence-corrected chi connectivity index (χ3v) is 5.98. The standard InChI is InChI=1S/C20H16FN7OS/c1-26-17(12-7-9-13(21)10-8-12)23-25-20(26)30-11-16-22-24-19-27(2)18(29)14-5-3-4-6-15(14)28(16)19/h3-10H,11H2,1-2H3. The number of thioether (sulfide) groups is 1. The van der Waals surface area contributed by atoms with Crippen LogP contribution >= 0.6 is 11.8 Å². The van der Waals surface area contributed by atoms with Gasteiger partial charge in [0.15, 0.2) is 11.0 Å². The molecule has 8 nitrogen and oxygen atoms in total. The molecule has 0 bridgehead atoms. The highest BCUT2D eigenvalue weighted by atomic mass is 32.2. The van der Waals surface area contributed by atoms with Gasteiger partial charge in [0.2, 0.25) is 5.78 Å². The topological polar surface area (TPSA) is 82.9 Å². The quantitative estimate of drug-likeness (QED) is 0.415. The molecule has 0 amide bonds. The Morgan fingerprint density at radius 3 is 2.50 bits per heavy atom. The minimum Gasteiger partial charge on any atom is -0.305 e. The van der Waals surface area contributed by atoms with E-state index in [1.165, 1.54) is 28.5 Å². The summed E-state index contributed by atoms with van der Waals surface area (Å²) in [5.41, 5.74) is 1.44. The molecule has 0 saturated heterocycles. The van der Waals surface area contributed by atoms with Gasteiger partial charge in [0.05, 0.1) is 16.7 Å². The lowest BCUT2D eigenvalue weighted by Gasteiger charge is -2.07. The summed E-state index contributed by atoms with van der Waals surface area (Å²) in [5, 5.41) is 18.3. The minimum absolute atomic E-state index is 0.109. The molecular weight excluding hydrogens is 405 g/mol. The molecule has 3 heterocycles. The van der Waals surface area contributed by atoms with Gasteiger partial charge in [0.25, 0.3) is 5.56 Å². The van der Waals surface area contributed by atoms with E-state index >= 15 is 0 Å². The van der Waals surface area contributed by atoms with Gasteiger partial charge in [-0.25, -0.2) is 4.39 Å². The number of halogens is 1. The minimum atomic E-state index is -0.296. The molecule has 0 aliphatic carbocycles. The fourth-order valence-corrected chi connectivity index (χ4v) is 4.23. The van der Waals surface area contributed by atoms with Crippen molar-refractivity contribution in [1.29, 1.82) is 0 Å². The van der Waals surface area contributed by atoms with Crippen LogP contribution in [0.4, 0.5) is 4.39 Å². The monoisotopic (exact) mass is 421 g/mol. The maximum absolute atomic E-state index is 13.2. The van der Waals surface area contributed by atoms with Gasteiger partial charge in [0, 0.05) is 19.7 Å². The lowest BCUT2D eigenvalue weighted by atomic mass is 10.2. The van der Waals surface area contributed by atoms with Crippen LogP contribution in [0.3, 0.4) is 0 Å². The highest BCUT2D eigenvalue weighted by Crippen LogP contribution is 2.26. The zero-order valence-electron chi connectivity index (χ0n) is 16.2. The van der Waals surface area contributed by atoms with Crippen molar-refractivity contribution in [2.24, 2.45) is 14.1 Å². The molecule has 5 aromatic rings. The molecule has 0 atom stereocenters. The second-order valence-corrected chi connectivity index (χ2v) is 7.74. The maximum Gasteiger partial charge on any atom is 0.262 e. The van der Waals surface area contributed by atoms with E-state index < -0.39 is 0 Å². The first-order valence-electron chi connectivity index (χ1n) is 9.14. The highest BCUT2D eigenvalue weighted by molar-refractivity contribution is 7.98. The molecule has 5 rings (SSSR count). The Morgan fingerprint density at radius 2 is 1.70 bits per heavy atom. The zero-order valence-corrected chi connectivity index (χ0v) is 17.0. The molecule has 0 unspecified atom stereocenters. The molecule has 3 aromatic heterocycles. The lowest BCUT2D eigenvalue weighted by molar-refractivity contribution is 0.628. The summed E-state index contributed by atoms with van der Waals surface area (Å²) >= 11 is 1.46. The van der Waals surface area contributed by atoms with Gasteiger partial charge in [-0.1, -0.05) is 23.9 Å². The number of hydrogen-bond donors (Lipinski definition) is 0. The van der Waals surface area contributed by atoms with Crippen LogP contribution in [0.15, 0.2) is 58.5 Å². The summed E-state index contributed by atoms with van der Waals surface area (Å²) in [5.74, 6) is 2.03. The molecule has 2 aromatic carbocycles. The number of hydrogen-bond acceptors (Lipinski definition) is 6. The molecule has 0 saturated carbocycles. The van der Waals surface area contributed by atoms with E-state index in [0.717, 1.165) is 11.1 Å². The van der Waals surface area contributed by atoms with E-state index in [1.54, 1.807) is 25.2 Å². The molecule has 10 heteroatoms. The predicted molar refractivity (Wildman–Crippen MR) is 112 cm³/mol. The summed E-state index contributed by atoms with van der Waals surface area (Å²) < 4.78 is 18.4. The first kappa shape index (κ1) is 18.5. The Balaban J connectivity index is 1.51. The van der Waals surface area contributed by atoms with Crippen LogP contribution in [0.2, 0.25) is 0 Å². The van der Waals surface area contributed by atoms with Crippen molar-refractivity contribution < 1.29 is 4.39 Å².